The Bertz CT molecular complexity index is 1970. The molecule has 8 heteroatoms. The zero-order valence-corrected chi connectivity index (χ0v) is 20.3. The number of nitriles is 1. The number of imide groups is 2. The molecule has 5 aromatic carbocycles. The van der Waals surface area contributed by atoms with E-state index in [1.165, 1.54) is 17.0 Å². The first-order valence-corrected chi connectivity index (χ1v) is 12.2. The third-order valence-electron chi connectivity index (χ3n) is 7.86. The zero-order valence-electron chi connectivity index (χ0n) is 20.3. The van der Waals surface area contributed by atoms with E-state index in [1.54, 1.807) is 38.1 Å². The molecule has 0 saturated carbocycles. The lowest BCUT2D eigenvalue weighted by molar-refractivity contribution is 0.0603. The highest BCUT2D eigenvalue weighted by Gasteiger charge is 2.37. The number of benzene rings is 5. The van der Waals surface area contributed by atoms with Crippen molar-refractivity contribution in [2.45, 2.75) is 13.8 Å². The second-order valence-electron chi connectivity index (χ2n) is 9.42. The summed E-state index contributed by atoms with van der Waals surface area (Å²) in [6, 6.07) is 12.1. The quantitative estimate of drug-likeness (QED) is 0.141. The monoisotopic (exact) mass is 496 g/mol. The average molecular weight is 496 g/mol. The molecule has 2 aliphatic heterocycles. The van der Waals surface area contributed by atoms with Gasteiger partial charge in [-0.2, -0.15) is 5.26 Å². The molecule has 7 rings (SSSR count). The molecule has 0 saturated heterocycles. The minimum absolute atomic E-state index is 0.155. The fraction of sp³-hybridized carbons (Fsp3) is 0.133. The van der Waals surface area contributed by atoms with Crippen molar-refractivity contribution in [2.75, 3.05) is 13.1 Å². The summed E-state index contributed by atoms with van der Waals surface area (Å²) in [6.45, 7) is 11.8. The molecule has 2 heterocycles. The summed E-state index contributed by atoms with van der Waals surface area (Å²) < 4.78 is 0. The van der Waals surface area contributed by atoms with Gasteiger partial charge in [0.2, 0.25) is 0 Å². The highest BCUT2D eigenvalue weighted by molar-refractivity contribution is 6.43. The summed E-state index contributed by atoms with van der Waals surface area (Å²) in [6.07, 6.45) is 0. The first kappa shape index (κ1) is 21.9. The topological polar surface area (TPSA) is 103 Å². The highest BCUT2D eigenvalue weighted by atomic mass is 16.2. The van der Waals surface area contributed by atoms with Gasteiger partial charge in [-0.1, -0.05) is 12.1 Å². The molecule has 8 nitrogen and oxygen atoms in total. The van der Waals surface area contributed by atoms with Crippen molar-refractivity contribution in [3.8, 4) is 6.07 Å². The van der Waals surface area contributed by atoms with Crippen LogP contribution in [0, 0.1) is 17.9 Å². The lowest BCUT2D eigenvalue weighted by Gasteiger charge is -2.30. The smallest absolute Gasteiger partial charge is 0.261 e. The number of hydrogen-bond acceptors (Lipinski definition) is 5. The van der Waals surface area contributed by atoms with Gasteiger partial charge in [-0.05, 0) is 65.0 Å². The Labute approximate surface area is 215 Å². The average Bonchev–Trinajstić information content (AvgIpc) is 2.93. The van der Waals surface area contributed by atoms with Crippen LogP contribution in [0.2, 0.25) is 0 Å². The van der Waals surface area contributed by atoms with Crippen molar-refractivity contribution in [3.05, 3.63) is 75.6 Å². The SMILES string of the molecule is [C-]#[N+]c1cc2c3c(cc(C#N)c4c5ccc6c7c(ccc(c1c34)c75)C(=O)N(CC)C6=O)C(=O)N(CC)C2=O. The van der Waals surface area contributed by atoms with Crippen molar-refractivity contribution < 1.29 is 19.2 Å². The van der Waals surface area contributed by atoms with Crippen LogP contribution >= 0.6 is 0 Å². The second kappa shape index (κ2) is 7.12. The molecule has 180 valence electrons. The fourth-order valence-electron chi connectivity index (χ4n) is 6.30. The normalized spacial score (nSPS) is 14.8. The molecule has 0 aliphatic carbocycles. The van der Waals surface area contributed by atoms with Crippen molar-refractivity contribution >= 4 is 72.4 Å². The number of hydrogen-bond donors (Lipinski definition) is 0. The van der Waals surface area contributed by atoms with Crippen molar-refractivity contribution in [1.29, 1.82) is 5.26 Å². The molecule has 4 amide bonds. The third kappa shape index (κ3) is 2.28. The van der Waals surface area contributed by atoms with Gasteiger partial charge in [0, 0.05) is 51.5 Å². The van der Waals surface area contributed by atoms with Crippen LogP contribution in [0.1, 0.15) is 60.8 Å². The van der Waals surface area contributed by atoms with Crippen molar-refractivity contribution in [1.82, 2.24) is 9.80 Å². The number of rotatable bonds is 2. The molecule has 0 atom stereocenters. The van der Waals surface area contributed by atoms with Crippen LogP contribution in [-0.4, -0.2) is 46.5 Å². The van der Waals surface area contributed by atoms with E-state index in [0.717, 1.165) is 4.90 Å². The van der Waals surface area contributed by atoms with Gasteiger partial charge in [0.05, 0.1) is 18.2 Å². The van der Waals surface area contributed by atoms with E-state index in [-0.39, 0.29) is 35.5 Å². The molecule has 0 aromatic heterocycles. The van der Waals surface area contributed by atoms with Gasteiger partial charge in [0.25, 0.3) is 23.6 Å². The van der Waals surface area contributed by atoms with Crippen LogP contribution in [0.5, 0.6) is 0 Å². The number of fused-ring (bicyclic) bond motifs is 2. The van der Waals surface area contributed by atoms with Gasteiger partial charge >= 0.3 is 0 Å². The van der Waals surface area contributed by atoms with E-state index in [4.69, 9.17) is 6.57 Å². The molecule has 0 fully saturated rings. The highest BCUT2D eigenvalue weighted by Crippen LogP contribution is 2.50. The number of carbonyl (C=O) groups excluding carboxylic acids is 4. The number of amides is 4. The third-order valence-corrected chi connectivity index (χ3v) is 7.86. The number of nitrogens with zero attached hydrogens (tertiary/aromatic N) is 4. The van der Waals surface area contributed by atoms with Gasteiger partial charge in [-0.3, -0.25) is 29.0 Å². The van der Waals surface area contributed by atoms with Gasteiger partial charge in [0.1, 0.15) is 0 Å². The van der Waals surface area contributed by atoms with Crippen LogP contribution < -0.4 is 0 Å². The molecule has 0 bridgehead atoms. The Balaban J connectivity index is 1.81. The Morgan fingerprint density at radius 1 is 0.684 bits per heavy atom. The maximum atomic E-state index is 13.4. The molecule has 0 radical (unpaired) electrons. The lowest BCUT2D eigenvalue weighted by Crippen LogP contribution is -2.40. The van der Waals surface area contributed by atoms with E-state index >= 15 is 0 Å². The first-order valence-electron chi connectivity index (χ1n) is 12.2. The molecular formula is C30H16N4O4. The van der Waals surface area contributed by atoms with Crippen molar-refractivity contribution in [2.24, 2.45) is 0 Å². The molecule has 0 unspecified atom stereocenters. The Morgan fingerprint density at radius 2 is 1.18 bits per heavy atom. The maximum Gasteiger partial charge on any atom is 0.261 e. The molecule has 0 spiro atoms. The summed E-state index contributed by atoms with van der Waals surface area (Å²) in [5.41, 5.74) is 1.66. The van der Waals surface area contributed by atoms with Crippen LogP contribution in [-0.2, 0) is 0 Å². The zero-order chi connectivity index (χ0) is 26.6. The molecule has 5 aromatic rings. The Hall–Kier alpha value is -5.34. The summed E-state index contributed by atoms with van der Waals surface area (Å²) in [5, 5.41) is 14.5. The van der Waals surface area contributed by atoms with E-state index < -0.39 is 23.6 Å². The van der Waals surface area contributed by atoms with Crippen LogP contribution in [0.3, 0.4) is 0 Å². The second-order valence-corrected chi connectivity index (χ2v) is 9.42. The van der Waals surface area contributed by atoms with Gasteiger partial charge < -0.3 is 0 Å². The maximum absolute atomic E-state index is 13.4. The van der Waals surface area contributed by atoms with Crippen LogP contribution in [0.25, 0.3) is 47.9 Å². The van der Waals surface area contributed by atoms with Crippen LogP contribution in [0.4, 0.5) is 5.69 Å². The summed E-state index contributed by atoms with van der Waals surface area (Å²) in [7, 11) is 0. The predicted molar refractivity (Wildman–Crippen MR) is 141 cm³/mol. The minimum atomic E-state index is -0.485. The van der Waals surface area contributed by atoms with Gasteiger partial charge in [-0.15, -0.1) is 0 Å². The Kier molecular flexibility index (Phi) is 4.10. The van der Waals surface area contributed by atoms with E-state index in [9.17, 15) is 24.4 Å². The number of carbonyl (C=O) groups is 4. The van der Waals surface area contributed by atoms with Crippen molar-refractivity contribution in [3.63, 3.8) is 0 Å². The first-order chi connectivity index (χ1) is 18.4. The molecular weight excluding hydrogens is 480 g/mol. The van der Waals surface area contributed by atoms with Crippen LogP contribution in [0.15, 0.2) is 36.4 Å². The lowest BCUT2D eigenvalue weighted by atomic mass is 9.80. The molecule has 38 heavy (non-hydrogen) atoms. The standard InChI is InChI=1S/C30H16N4O4/c1-4-33-27(35)16-8-6-14-21-13(12-31)10-18-24-19(30(38)34(5-2)29(18)37)11-20(32-3)25(26(21)24)15-7-9-17(28(33)36)23(16)22(14)15/h6-11H,4-5H2,1-2H3. The fourth-order valence-corrected chi connectivity index (χ4v) is 6.30. The van der Waals surface area contributed by atoms with E-state index in [0.29, 0.717) is 54.2 Å². The Morgan fingerprint density at radius 3 is 1.71 bits per heavy atom. The molecule has 0 N–H and O–H groups in total. The minimum Gasteiger partial charge on any atom is -0.275 e. The summed E-state index contributed by atoms with van der Waals surface area (Å²) >= 11 is 0. The van der Waals surface area contributed by atoms with Gasteiger partial charge in [-0.25, -0.2) is 4.85 Å². The van der Waals surface area contributed by atoms with E-state index in [1.807, 2.05) is 0 Å². The van der Waals surface area contributed by atoms with E-state index in [2.05, 4.69) is 10.9 Å². The summed E-state index contributed by atoms with van der Waals surface area (Å²) in [4.78, 5) is 59.3. The molecule has 2 aliphatic rings. The van der Waals surface area contributed by atoms with Gasteiger partial charge in [0.15, 0.2) is 5.69 Å². The largest absolute Gasteiger partial charge is 0.275 e. The predicted octanol–water partition coefficient (Wildman–Crippen LogP) is 5.39. The summed E-state index contributed by atoms with van der Waals surface area (Å²) in [5.74, 6) is -1.76.